The molecule has 1 aromatic rings. The third kappa shape index (κ3) is 4.03. The first-order chi connectivity index (χ1) is 12.6. The van der Waals surface area contributed by atoms with Gasteiger partial charge in [-0.25, -0.2) is 0 Å². The maximum atomic E-state index is 12.7. The molecule has 0 amide bonds. The van der Waals surface area contributed by atoms with Gasteiger partial charge in [0.05, 0.1) is 13.2 Å². The Morgan fingerprint density at radius 1 is 1.11 bits per heavy atom. The Morgan fingerprint density at radius 2 is 1.85 bits per heavy atom. The number of halogens is 3. The molecule has 27 heavy (non-hydrogen) atoms. The summed E-state index contributed by atoms with van der Waals surface area (Å²) in [5.41, 5.74) is -3.01. The Morgan fingerprint density at radius 3 is 2.52 bits per heavy atom. The van der Waals surface area contributed by atoms with Crippen molar-refractivity contribution in [3.05, 3.63) is 40.5 Å². The Hall–Kier alpha value is -1.87. The first kappa shape index (κ1) is 19.9. The Labute approximate surface area is 155 Å². The number of methoxy groups -OCH3 is 1. The molecule has 148 valence electrons. The van der Waals surface area contributed by atoms with Crippen molar-refractivity contribution in [2.45, 2.75) is 50.1 Å². The van der Waals surface area contributed by atoms with Crippen molar-refractivity contribution in [2.24, 2.45) is 0 Å². The standard InChI is InChI=1S/C18H19F3O5S/c1-25-13-7-5-12-10-16(22)14-3-2-4-17(15(14)8-6-11(12)9-13)26-27(23,24)18(19,20)21/h5,7,9,17H,2-4,6,8,10H2,1H3. The molecule has 0 saturated carbocycles. The molecule has 0 N–H and O–H groups in total. The van der Waals surface area contributed by atoms with E-state index >= 15 is 0 Å². The third-order valence-corrected chi connectivity index (χ3v) is 6.01. The monoisotopic (exact) mass is 404 g/mol. The normalized spacial score (nSPS) is 21.2. The lowest BCUT2D eigenvalue weighted by molar-refractivity contribution is -0.115. The highest BCUT2D eigenvalue weighted by Gasteiger charge is 2.49. The molecule has 0 fully saturated rings. The molecular formula is C18H19F3O5S. The molecule has 1 atom stereocenters. The van der Waals surface area contributed by atoms with Crippen molar-refractivity contribution in [2.75, 3.05) is 7.11 Å². The van der Waals surface area contributed by atoms with E-state index in [1.54, 1.807) is 12.1 Å². The maximum absolute atomic E-state index is 12.7. The molecule has 3 rings (SSSR count). The zero-order valence-corrected chi connectivity index (χ0v) is 15.5. The molecule has 0 spiro atoms. The van der Waals surface area contributed by atoms with E-state index in [1.165, 1.54) is 7.11 Å². The Balaban J connectivity index is 1.93. The fourth-order valence-electron chi connectivity index (χ4n) is 3.62. The van der Waals surface area contributed by atoms with E-state index in [9.17, 15) is 26.4 Å². The minimum atomic E-state index is -5.72. The number of benzene rings is 1. The molecule has 9 heteroatoms. The zero-order chi connectivity index (χ0) is 19.8. The quantitative estimate of drug-likeness (QED) is 0.570. The van der Waals surface area contributed by atoms with Gasteiger partial charge in [-0.1, -0.05) is 6.07 Å². The number of carbonyl (C=O) groups is 1. The van der Waals surface area contributed by atoms with Crippen LogP contribution in [0.2, 0.25) is 0 Å². The van der Waals surface area contributed by atoms with Gasteiger partial charge in [-0.05, 0) is 66.5 Å². The van der Waals surface area contributed by atoms with Crippen molar-refractivity contribution in [3.8, 4) is 5.75 Å². The second-order valence-corrected chi connectivity index (χ2v) is 8.18. The number of ketones is 1. The number of hydrogen-bond acceptors (Lipinski definition) is 5. The van der Waals surface area contributed by atoms with E-state index in [4.69, 9.17) is 4.74 Å². The predicted molar refractivity (Wildman–Crippen MR) is 90.8 cm³/mol. The molecule has 0 radical (unpaired) electrons. The summed E-state index contributed by atoms with van der Waals surface area (Å²) in [4.78, 5) is 12.7. The van der Waals surface area contributed by atoms with E-state index < -0.39 is 21.7 Å². The van der Waals surface area contributed by atoms with Gasteiger partial charge < -0.3 is 4.74 Å². The van der Waals surface area contributed by atoms with E-state index in [-0.39, 0.29) is 25.0 Å². The van der Waals surface area contributed by atoms with Gasteiger partial charge >= 0.3 is 15.6 Å². The van der Waals surface area contributed by atoms with Crippen LogP contribution in [0.25, 0.3) is 0 Å². The third-order valence-electron chi connectivity index (χ3n) is 4.96. The lowest BCUT2D eigenvalue weighted by atomic mass is 9.80. The highest BCUT2D eigenvalue weighted by Crippen LogP contribution is 2.37. The molecule has 0 saturated heterocycles. The molecule has 0 bridgehead atoms. The number of fused-ring (bicyclic) bond motifs is 1. The van der Waals surface area contributed by atoms with Crippen LogP contribution in [0.5, 0.6) is 5.75 Å². The molecule has 2 aliphatic rings. The number of carbonyl (C=O) groups excluding carboxylic acids is 1. The van der Waals surface area contributed by atoms with Crippen LogP contribution in [0.3, 0.4) is 0 Å². The van der Waals surface area contributed by atoms with Crippen LogP contribution < -0.4 is 4.74 Å². The minimum Gasteiger partial charge on any atom is -0.497 e. The number of rotatable bonds is 3. The molecule has 2 aliphatic carbocycles. The zero-order valence-electron chi connectivity index (χ0n) is 14.6. The fourth-order valence-corrected chi connectivity index (χ4v) is 4.25. The van der Waals surface area contributed by atoms with Crippen molar-refractivity contribution >= 4 is 15.9 Å². The van der Waals surface area contributed by atoms with Gasteiger partial charge in [0.25, 0.3) is 0 Å². The molecular weight excluding hydrogens is 385 g/mol. The van der Waals surface area contributed by atoms with Gasteiger partial charge in [0.1, 0.15) is 5.75 Å². The van der Waals surface area contributed by atoms with Crippen molar-refractivity contribution in [3.63, 3.8) is 0 Å². The van der Waals surface area contributed by atoms with Crippen LogP contribution in [0.1, 0.15) is 36.8 Å². The predicted octanol–water partition coefficient (Wildman–Crippen LogP) is 3.47. The molecule has 5 nitrogen and oxygen atoms in total. The lowest BCUT2D eigenvalue weighted by Crippen LogP contribution is -2.34. The largest absolute Gasteiger partial charge is 0.523 e. The summed E-state index contributed by atoms with van der Waals surface area (Å²) in [5, 5.41) is 0. The first-order valence-corrected chi connectivity index (χ1v) is 9.93. The minimum absolute atomic E-state index is 0.122. The number of ether oxygens (including phenoxy) is 1. The SMILES string of the molecule is COc1ccc2c(c1)CCC1=C(CCCC1OS(=O)(=O)C(F)(F)F)C(=O)C2. The molecule has 1 aromatic carbocycles. The summed E-state index contributed by atoms with van der Waals surface area (Å²) in [6, 6.07) is 5.35. The average Bonchev–Trinajstić information content (AvgIpc) is 2.58. The summed E-state index contributed by atoms with van der Waals surface area (Å²) in [6.45, 7) is 0. The van der Waals surface area contributed by atoms with Crippen LogP contribution in [0.15, 0.2) is 29.3 Å². The number of hydrogen-bond donors (Lipinski definition) is 0. The maximum Gasteiger partial charge on any atom is 0.523 e. The van der Waals surface area contributed by atoms with E-state index in [0.29, 0.717) is 36.2 Å². The van der Waals surface area contributed by atoms with E-state index in [2.05, 4.69) is 4.18 Å². The van der Waals surface area contributed by atoms with Crippen LogP contribution in [-0.4, -0.2) is 32.9 Å². The number of Topliss-reactive ketones (excluding diaryl/α,β-unsaturated/α-hetero) is 1. The van der Waals surface area contributed by atoms with Crippen LogP contribution in [0.4, 0.5) is 13.2 Å². The summed E-state index contributed by atoms with van der Waals surface area (Å²) in [5.74, 6) is 0.417. The first-order valence-electron chi connectivity index (χ1n) is 8.53. The molecule has 0 heterocycles. The van der Waals surface area contributed by atoms with Gasteiger partial charge in [0.2, 0.25) is 0 Å². The number of aryl methyl sites for hydroxylation is 1. The van der Waals surface area contributed by atoms with Crippen LogP contribution in [0, 0.1) is 0 Å². The van der Waals surface area contributed by atoms with Gasteiger partial charge in [-0.15, -0.1) is 0 Å². The highest BCUT2D eigenvalue weighted by molar-refractivity contribution is 7.87. The lowest BCUT2D eigenvalue weighted by Gasteiger charge is -2.30. The van der Waals surface area contributed by atoms with Crippen LogP contribution in [-0.2, 0) is 31.9 Å². The second kappa shape index (κ2) is 7.27. The smallest absolute Gasteiger partial charge is 0.497 e. The summed E-state index contributed by atoms with van der Waals surface area (Å²) in [6.07, 6.45) is 0.549. The summed E-state index contributed by atoms with van der Waals surface area (Å²) >= 11 is 0. The van der Waals surface area contributed by atoms with Crippen molar-refractivity contribution in [1.29, 1.82) is 0 Å². The number of allylic oxidation sites excluding steroid dienone is 1. The van der Waals surface area contributed by atoms with Crippen LogP contribution >= 0.6 is 0 Å². The molecule has 0 aliphatic heterocycles. The Bertz CT molecular complexity index is 887. The van der Waals surface area contributed by atoms with Crippen molar-refractivity contribution in [1.82, 2.24) is 0 Å². The van der Waals surface area contributed by atoms with Gasteiger partial charge in [0, 0.05) is 6.42 Å². The molecule has 0 aromatic heterocycles. The summed E-state index contributed by atoms with van der Waals surface area (Å²) < 4.78 is 70.7. The average molecular weight is 404 g/mol. The van der Waals surface area contributed by atoms with E-state index in [0.717, 1.165) is 11.1 Å². The van der Waals surface area contributed by atoms with Gasteiger partial charge in [0.15, 0.2) is 5.78 Å². The van der Waals surface area contributed by atoms with Crippen molar-refractivity contribution < 1.29 is 35.3 Å². The van der Waals surface area contributed by atoms with Gasteiger partial charge in [-0.3, -0.25) is 8.98 Å². The molecule has 1 unspecified atom stereocenters. The van der Waals surface area contributed by atoms with Gasteiger partial charge in [-0.2, -0.15) is 21.6 Å². The van der Waals surface area contributed by atoms with E-state index in [1.807, 2.05) is 6.07 Å². The number of alkyl halides is 3. The second-order valence-electron chi connectivity index (χ2n) is 6.62. The topological polar surface area (TPSA) is 69.7 Å². The Kier molecular flexibility index (Phi) is 5.36. The fraction of sp³-hybridized carbons (Fsp3) is 0.500. The summed E-state index contributed by atoms with van der Waals surface area (Å²) in [7, 11) is -4.21. The highest BCUT2D eigenvalue weighted by atomic mass is 32.2.